The fourth-order valence-corrected chi connectivity index (χ4v) is 2.75. The quantitative estimate of drug-likeness (QED) is 0.873. The first-order valence-corrected chi connectivity index (χ1v) is 5.77. The van der Waals surface area contributed by atoms with E-state index in [1.54, 1.807) is 11.3 Å². The molecule has 2 N–H and O–H groups in total. The fourth-order valence-electron chi connectivity index (χ4n) is 1.21. The van der Waals surface area contributed by atoms with E-state index in [1.165, 1.54) is 14.9 Å². The van der Waals surface area contributed by atoms with Gasteiger partial charge in [-0.1, -0.05) is 13.8 Å². The molecule has 1 aromatic heterocycles. The van der Waals surface area contributed by atoms with Crippen molar-refractivity contribution in [2.45, 2.75) is 26.8 Å². The molecule has 0 atom stereocenters. The lowest BCUT2D eigenvalue weighted by atomic mass is 10.0. The molecule has 0 saturated carbocycles. The molecule has 0 bridgehead atoms. The minimum absolute atomic E-state index is 0.645. The maximum absolute atomic E-state index is 5.65. The van der Waals surface area contributed by atoms with Gasteiger partial charge in [-0.2, -0.15) is 0 Å². The normalized spacial score (nSPS) is 11.1. The lowest BCUT2D eigenvalue weighted by Gasteiger charge is -2.04. The monoisotopic (exact) mass is 247 g/mol. The summed E-state index contributed by atoms with van der Waals surface area (Å²) in [5.74, 6) is 0.705. The second-order valence-electron chi connectivity index (χ2n) is 3.32. The van der Waals surface area contributed by atoms with E-state index in [2.05, 4.69) is 35.2 Å². The van der Waals surface area contributed by atoms with Gasteiger partial charge in [-0.15, -0.1) is 11.3 Å². The van der Waals surface area contributed by atoms with Crippen LogP contribution in [0.1, 0.15) is 25.0 Å². The average molecular weight is 248 g/mol. The second-order valence-corrected chi connectivity index (χ2v) is 5.51. The molecule has 0 spiro atoms. The number of hydrogen-bond donors (Lipinski definition) is 1. The van der Waals surface area contributed by atoms with E-state index in [-0.39, 0.29) is 0 Å². The van der Waals surface area contributed by atoms with Crippen LogP contribution in [0.25, 0.3) is 0 Å². The molecule has 0 aromatic carbocycles. The summed E-state index contributed by atoms with van der Waals surface area (Å²) in [6, 6.07) is 0. The summed E-state index contributed by atoms with van der Waals surface area (Å²) in [5.41, 5.74) is 8.34. The van der Waals surface area contributed by atoms with Crippen molar-refractivity contribution in [3.63, 3.8) is 0 Å². The van der Waals surface area contributed by atoms with Crippen molar-refractivity contribution in [2.75, 3.05) is 0 Å². The number of halogens is 1. The molecular weight excluding hydrogens is 234 g/mol. The Bertz CT molecular complexity index is 255. The van der Waals surface area contributed by atoms with Crippen LogP contribution >= 0.6 is 27.3 Å². The van der Waals surface area contributed by atoms with Gasteiger partial charge >= 0.3 is 0 Å². The van der Waals surface area contributed by atoms with E-state index in [0.717, 1.165) is 6.42 Å². The zero-order valence-electron chi connectivity index (χ0n) is 7.43. The summed E-state index contributed by atoms with van der Waals surface area (Å²) in [5, 5.41) is 2.20. The van der Waals surface area contributed by atoms with Gasteiger partial charge < -0.3 is 5.73 Å². The minimum Gasteiger partial charge on any atom is -0.326 e. The highest BCUT2D eigenvalue weighted by Gasteiger charge is 2.08. The number of nitrogens with two attached hydrogens (primary N) is 1. The second kappa shape index (κ2) is 4.40. The van der Waals surface area contributed by atoms with E-state index < -0.39 is 0 Å². The molecule has 68 valence electrons. The molecule has 0 radical (unpaired) electrons. The molecule has 1 nitrogen and oxygen atoms in total. The maximum atomic E-state index is 5.65. The topological polar surface area (TPSA) is 26.0 Å². The predicted molar refractivity (Wildman–Crippen MR) is 58.5 cm³/mol. The van der Waals surface area contributed by atoms with Gasteiger partial charge in [0.05, 0.1) is 3.79 Å². The van der Waals surface area contributed by atoms with Gasteiger partial charge in [0.25, 0.3) is 0 Å². The predicted octanol–water partition coefficient (Wildman–Crippen LogP) is 3.17. The first kappa shape index (κ1) is 10.2. The summed E-state index contributed by atoms with van der Waals surface area (Å²) >= 11 is 5.24. The molecule has 0 fully saturated rings. The van der Waals surface area contributed by atoms with Crippen molar-refractivity contribution in [3.8, 4) is 0 Å². The van der Waals surface area contributed by atoms with Crippen LogP contribution in [0.2, 0.25) is 0 Å². The van der Waals surface area contributed by atoms with Gasteiger partial charge in [0.1, 0.15) is 0 Å². The van der Waals surface area contributed by atoms with E-state index in [9.17, 15) is 0 Å². The van der Waals surface area contributed by atoms with E-state index in [4.69, 9.17) is 5.73 Å². The molecule has 0 aliphatic heterocycles. The first-order chi connectivity index (χ1) is 5.65. The Labute approximate surface area is 86.1 Å². The number of thiophene rings is 1. The average Bonchev–Trinajstić information content (AvgIpc) is 2.30. The Balaban J connectivity index is 2.84. The number of rotatable bonds is 3. The lowest BCUT2D eigenvalue weighted by molar-refractivity contribution is 0.644. The van der Waals surface area contributed by atoms with Crippen LogP contribution in [-0.2, 0) is 13.0 Å². The molecule has 12 heavy (non-hydrogen) atoms. The zero-order chi connectivity index (χ0) is 9.14. The summed E-state index contributed by atoms with van der Waals surface area (Å²) in [6.07, 6.45) is 1.13. The van der Waals surface area contributed by atoms with Gasteiger partial charge in [-0.05, 0) is 44.8 Å². The minimum atomic E-state index is 0.645. The van der Waals surface area contributed by atoms with Crippen LogP contribution in [-0.4, -0.2) is 0 Å². The van der Waals surface area contributed by atoms with Crippen molar-refractivity contribution in [1.82, 2.24) is 0 Å². The summed E-state index contributed by atoms with van der Waals surface area (Å²) in [6.45, 7) is 5.10. The van der Waals surface area contributed by atoms with E-state index in [1.807, 2.05) is 0 Å². The molecule has 0 aliphatic carbocycles. The summed E-state index contributed by atoms with van der Waals surface area (Å²) in [7, 11) is 0. The Morgan fingerprint density at radius 1 is 1.58 bits per heavy atom. The van der Waals surface area contributed by atoms with Crippen LogP contribution in [0.3, 0.4) is 0 Å². The molecule has 0 saturated heterocycles. The number of hydrogen-bond acceptors (Lipinski definition) is 2. The molecule has 1 rings (SSSR count). The molecule has 0 unspecified atom stereocenters. The zero-order valence-corrected chi connectivity index (χ0v) is 9.83. The van der Waals surface area contributed by atoms with Crippen molar-refractivity contribution < 1.29 is 0 Å². The van der Waals surface area contributed by atoms with Crippen molar-refractivity contribution in [2.24, 2.45) is 11.7 Å². The van der Waals surface area contributed by atoms with E-state index in [0.29, 0.717) is 12.5 Å². The van der Waals surface area contributed by atoms with Crippen LogP contribution in [0.4, 0.5) is 0 Å². The first-order valence-electron chi connectivity index (χ1n) is 4.10. The highest BCUT2D eigenvalue weighted by Crippen LogP contribution is 2.29. The van der Waals surface area contributed by atoms with Crippen LogP contribution in [0.15, 0.2) is 9.17 Å². The summed E-state index contributed by atoms with van der Waals surface area (Å²) < 4.78 is 1.20. The van der Waals surface area contributed by atoms with Gasteiger partial charge in [0.15, 0.2) is 0 Å². The van der Waals surface area contributed by atoms with Crippen LogP contribution in [0.5, 0.6) is 0 Å². The highest BCUT2D eigenvalue weighted by atomic mass is 79.9. The lowest BCUT2D eigenvalue weighted by Crippen LogP contribution is -2.01. The third-order valence-corrected chi connectivity index (χ3v) is 3.66. The molecule has 0 amide bonds. The van der Waals surface area contributed by atoms with E-state index >= 15 is 0 Å². The SMILES string of the molecule is CC(C)Cc1csc(Br)c1CN. The summed E-state index contributed by atoms with van der Waals surface area (Å²) in [4.78, 5) is 0. The van der Waals surface area contributed by atoms with Crippen molar-refractivity contribution in [3.05, 3.63) is 20.3 Å². The Morgan fingerprint density at radius 2 is 2.25 bits per heavy atom. The fraction of sp³-hybridized carbons (Fsp3) is 0.556. The molecule has 0 aliphatic rings. The van der Waals surface area contributed by atoms with Gasteiger partial charge in [-0.25, -0.2) is 0 Å². The van der Waals surface area contributed by atoms with Gasteiger partial charge in [0, 0.05) is 6.54 Å². The molecule has 3 heteroatoms. The van der Waals surface area contributed by atoms with Crippen molar-refractivity contribution >= 4 is 27.3 Å². The van der Waals surface area contributed by atoms with Gasteiger partial charge in [-0.3, -0.25) is 0 Å². The Morgan fingerprint density at radius 3 is 2.75 bits per heavy atom. The highest BCUT2D eigenvalue weighted by molar-refractivity contribution is 9.11. The standard InChI is InChI=1S/C9H14BrNS/c1-6(2)3-7-5-12-9(10)8(7)4-11/h5-6H,3-4,11H2,1-2H3. The van der Waals surface area contributed by atoms with Crippen LogP contribution in [0, 0.1) is 5.92 Å². The van der Waals surface area contributed by atoms with Gasteiger partial charge in [0.2, 0.25) is 0 Å². The van der Waals surface area contributed by atoms with Crippen LogP contribution < -0.4 is 5.73 Å². The smallest absolute Gasteiger partial charge is 0.0746 e. The molecule has 1 aromatic rings. The Hall–Kier alpha value is 0.140. The molecule has 1 heterocycles. The van der Waals surface area contributed by atoms with Crippen molar-refractivity contribution in [1.29, 1.82) is 0 Å². The Kier molecular flexibility index (Phi) is 3.75. The third kappa shape index (κ3) is 2.31. The molecular formula is C9H14BrNS. The maximum Gasteiger partial charge on any atom is 0.0746 e. The largest absolute Gasteiger partial charge is 0.326 e. The third-order valence-electron chi connectivity index (χ3n) is 1.76.